The summed E-state index contributed by atoms with van der Waals surface area (Å²) in [6.07, 6.45) is 7.40. The van der Waals surface area contributed by atoms with Gasteiger partial charge in [0.25, 0.3) is 0 Å². The van der Waals surface area contributed by atoms with Crippen LogP contribution in [0.2, 0.25) is 0 Å². The number of esters is 1. The van der Waals surface area contributed by atoms with Crippen molar-refractivity contribution < 1.29 is 23.0 Å². The van der Waals surface area contributed by atoms with Gasteiger partial charge in [0.15, 0.2) is 0 Å². The molecule has 1 heterocycles. The number of carbonyl (C=O) groups is 1. The van der Waals surface area contributed by atoms with E-state index >= 15 is 0 Å². The molecule has 1 N–H and O–H groups in total. The highest BCUT2D eigenvalue weighted by Gasteiger charge is 2.19. The summed E-state index contributed by atoms with van der Waals surface area (Å²) < 4.78 is 37.8. The van der Waals surface area contributed by atoms with E-state index in [9.17, 15) is 13.6 Å². The molecule has 32 heavy (non-hydrogen) atoms. The van der Waals surface area contributed by atoms with Crippen molar-refractivity contribution in [2.45, 2.75) is 32.3 Å². The second-order valence-corrected chi connectivity index (χ2v) is 7.73. The van der Waals surface area contributed by atoms with Crippen molar-refractivity contribution in [3.05, 3.63) is 95.2 Å². The summed E-state index contributed by atoms with van der Waals surface area (Å²) in [4.78, 5) is 11.4. The number of carbonyl (C=O) groups excluding carboxylic acids is 1. The van der Waals surface area contributed by atoms with Gasteiger partial charge in [0.1, 0.15) is 17.7 Å². The maximum atomic E-state index is 13.4. The third kappa shape index (κ3) is 7.31. The van der Waals surface area contributed by atoms with Crippen LogP contribution in [0.5, 0.6) is 0 Å². The van der Waals surface area contributed by atoms with Crippen molar-refractivity contribution in [3.8, 4) is 0 Å². The molecular formula is C26H29F2NO3. The number of piperidine rings is 1. The van der Waals surface area contributed by atoms with Gasteiger partial charge in [-0.05, 0) is 73.6 Å². The molecule has 1 unspecified atom stereocenters. The largest absolute Gasteiger partial charge is 0.463 e. The number of hydrogen-bond acceptors (Lipinski definition) is 4. The fraction of sp³-hybridized carbons (Fsp3) is 0.346. The van der Waals surface area contributed by atoms with Crippen LogP contribution in [0.4, 0.5) is 8.78 Å². The van der Waals surface area contributed by atoms with Gasteiger partial charge in [-0.2, -0.15) is 0 Å². The first-order valence-corrected chi connectivity index (χ1v) is 11.0. The van der Waals surface area contributed by atoms with E-state index in [-0.39, 0.29) is 23.7 Å². The first-order valence-electron chi connectivity index (χ1n) is 11.0. The number of rotatable bonds is 9. The Hall–Kier alpha value is -2.99. The topological polar surface area (TPSA) is 47.6 Å². The Balaban J connectivity index is 1.58. The lowest BCUT2D eigenvalue weighted by Gasteiger charge is -2.27. The minimum Gasteiger partial charge on any atom is -0.463 e. The highest BCUT2D eigenvalue weighted by atomic mass is 19.1. The monoisotopic (exact) mass is 441 g/mol. The van der Waals surface area contributed by atoms with Crippen LogP contribution >= 0.6 is 0 Å². The Morgan fingerprint density at radius 2 is 1.72 bits per heavy atom. The molecule has 2 aromatic rings. The van der Waals surface area contributed by atoms with Gasteiger partial charge in [-0.1, -0.05) is 30.3 Å². The maximum Gasteiger partial charge on any atom is 0.330 e. The summed E-state index contributed by atoms with van der Waals surface area (Å²) in [5, 5.41) is 3.36. The normalized spacial score (nSPS) is 17.6. The number of hydrogen-bond donors (Lipinski definition) is 1. The van der Waals surface area contributed by atoms with Gasteiger partial charge >= 0.3 is 5.97 Å². The van der Waals surface area contributed by atoms with Crippen molar-refractivity contribution in [1.82, 2.24) is 5.32 Å². The van der Waals surface area contributed by atoms with Crippen LogP contribution in [-0.4, -0.2) is 25.7 Å². The minimum atomic E-state index is -0.388. The molecule has 1 atom stereocenters. The highest BCUT2D eigenvalue weighted by molar-refractivity contribution is 5.82. The minimum absolute atomic E-state index is 0.308. The van der Waals surface area contributed by atoms with E-state index in [1.807, 2.05) is 6.08 Å². The van der Waals surface area contributed by atoms with Crippen molar-refractivity contribution >= 4 is 5.97 Å². The first kappa shape index (κ1) is 23.7. The molecule has 1 aliphatic heterocycles. The molecule has 1 fully saturated rings. The molecule has 4 nitrogen and oxygen atoms in total. The van der Waals surface area contributed by atoms with Crippen LogP contribution in [0.1, 0.15) is 43.4 Å². The van der Waals surface area contributed by atoms with E-state index in [2.05, 4.69) is 5.32 Å². The lowest BCUT2D eigenvalue weighted by Crippen LogP contribution is -2.26. The fourth-order valence-electron chi connectivity index (χ4n) is 3.74. The lowest BCUT2D eigenvalue weighted by molar-refractivity contribution is -0.137. The van der Waals surface area contributed by atoms with Crippen LogP contribution in [0.25, 0.3) is 0 Å². The highest BCUT2D eigenvalue weighted by Crippen LogP contribution is 2.28. The SMILES string of the molecule is CCOC(=O)C=CC=C1CC(CCOC(c2ccc(F)cc2)c2ccc(F)cc2)CCN1. The maximum absolute atomic E-state index is 13.4. The predicted octanol–water partition coefficient (Wildman–Crippen LogP) is 5.46. The van der Waals surface area contributed by atoms with E-state index < -0.39 is 0 Å². The number of nitrogens with one attached hydrogen (secondary N) is 1. The van der Waals surface area contributed by atoms with E-state index in [0.717, 1.165) is 42.6 Å². The molecular weight excluding hydrogens is 412 g/mol. The molecule has 6 heteroatoms. The fourth-order valence-corrected chi connectivity index (χ4v) is 3.74. The van der Waals surface area contributed by atoms with Crippen LogP contribution in [0.15, 0.2) is 72.5 Å². The Bertz CT molecular complexity index is 878. The number of halogens is 2. The van der Waals surface area contributed by atoms with E-state index in [4.69, 9.17) is 9.47 Å². The van der Waals surface area contributed by atoms with Crippen LogP contribution in [0.3, 0.4) is 0 Å². The quantitative estimate of drug-likeness (QED) is 0.414. The smallest absolute Gasteiger partial charge is 0.330 e. The average molecular weight is 442 g/mol. The number of ether oxygens (including phenoxy) is 2. The number of allylic oxidation sites excluding steroid dienone is 3. The molecule has 3 rings (SSSR count). The summed E-state index contributed by atoms with van der Waals surface area (Å²) in [7, 11) is 0. The van der Waals surface area contributed by atoms with E-state index in [1.165, 1.54) is 30.3 Å². The average Bonchev–Trinajstić information content (AvgIpc) is 2.79. The first-order chi connectivity index (χ1) is 15.5. The zero-order valence-electron chi connectivity index (χ0n) is 18.2. The summed E-state index contributed by atoms with van der Waals surface area (Å²) in [6, 6.07) is 12.4. The van der Waals surface area contributed by atoms with Crippen molar-refractivity contribution in [1.29, 1.82) is 0 Å². The van der Waals surface area contributed by atoms with Crippen molar-refractivity contribution in [2.75, 3.05) is 19.8 Å². The molecule has 0 spiro atoms. The molecule has 1 aliphatic rings. The van der Waals surface area contributed by atoms with Gasteiger partial charge in [-0.3, -0.25) is 0 Å². The summed E-state index contributed by atoms with van der Waals surface area (Å²) >= 11 is 0. The number of benzene rings is 2. The Labute approximate surface area is 187 Å². The Morgan fingerprint density at radius 1 is 1.09 bits per heavy atom. The standard InChI is InChI=1S/C26H29F2NO3/c1-2-31-25(30)5-3-4-24-18-19(14-16-29-24)15-17-32-26(20-6-10-22(27)11-7-20)21-8-12-23(28)13-9-21/h3-13,19,26,29H,2,14-18H2,1H3. The van der Waals surface area contributed by atoms with E-state index in [0.29, 0.717) is 19.1 Å². The Morgan fingerprint density at radius 3 is 2.31 bits per heavy atom. The second-order valence-electron chi connectivity index (χ2n) is 7.73. The van der Waals surface area contributed by atoms with Gasteiger partial charge in [0.05, 0.1) is 6.61 Å². The van der Waals surface area contributed by atoms with Gasteiger partial charge in [0, 0.05) is 24.9 Å². The van der Waals surface area contributed by atoms with Crippen LogP contribution in [0, 0.1) is 17.6 Å². The molecule has 0 bridgehead atoms. The molecule has 0 saturated carbocycles. The zero-order valence-corrected chi connectivity index (χ0v) is 18.2. The third-order valence-corrected chi connectivity index (χ3v) is 5.39. The summed E-state index contributed by atoms with van der Waals surface area (Å²) in [5.41, 5.74) is 2.73. The van der Waals surface area contributed by atoms with Gasteiger partial charge < -0.3 is 14.8 Å². The predicted molar refractivity (Wildman–Crippen MR) is 120 cm³/mol. The van der Waals surface area contributed by atoms with Gasteiger partial charge in [-0.25, -0.2) is 13.6 Å². The molecule has 0 amide bonds. The van der Waals surface area contributed by atoms with Gasteiger partial charge in [0.2, 0.25) is 0 Å². The second kappa shape index (κ2) is 12.2. The Kier molecular flexibility index (Phi) is 8.99. The summed E-state index contributed by atoms with van der Waals surface area (Å²) in [6.45, 7) is 3.52. The summed E-state index contributed by atoms with van der Waals surface area (Å²) in [5.74, 6) is -0.520. The van der Waals surface area contributed by atoms with Crippen LogP contribution < -0.4 is 5.32 Å². The zero-order chi connectivity index (χ0) is 22.8. The lowest BCUT2D eigenvalue weighted by atomic mass is 9.92. The molecule has 0 aromatic heterocycles. The molecule has 0 radical (unpaired) electrons. The third-order valence-electron chi connectivity index (χ3n) is 5.39. The van der Waals surface area contributed by atoms with Gasteiger partial charge in [-0.15, -0.1) is 0 Å². The van der Waals surface area contributed by atoms with E-state index in [1.54, 1.807) is 37.3 Å². The molecule has 1 saturated heterocycles. The molecule has 170 valence electrons. The van der Waals surface area contributed by atoms with Crippen molar-refractivity contribution in [2.24, 2.45) is 5.92 Å². The molecule has 2 aromatic carbocycles. The molecule has 0 aliphatic carbocycles. The van der Waals surface area contributed by atoms with Crippen molar-refractivity contribution in [3.63, 3.8) is 0 Å². The van der Waals surface area contributed by atoms with Crippen LogP contribution in [-0.2, 0) is 14.3 Å².